The molecule has 0 aromatic carbocycles. The summed E-state index contributed by atoms with van der Waals surface area (Å²) in [4.78, 5) is 36.2. The number of carbonyl (C=O) groups excluding carboxylic acids is 2. The lowest BCUT2D eigenvalue weighted by molar-refractivity contribution is -0.158. The Morgan fingerprint density at radius 3 is 2.56 bits per heavy atom. The smallest absolute Gasteiger partial charge is 0.328 e. The molecule has 2 amide bonds. The monoisotopic (exact) mass is 254 g/mol. The van der Waals surface area contributed by atoms with Crippen molar-refractivity contribution in [1.82, 2.24) is 10.2 Å². The minimum absolute atomic E-state index is 0.00398. The fourth-order valence-corrected chi connectivity index (χ4v) is 2.79. The van der Waals surface area contributed by atoms with Gasteiger partial charge in [0, 0.05) is 12.0 Å². The topological polar surface area (TPSA) is 86.7 Å². The molecule has 100 valence electrons. The van der Waals surface area contributed by atoms with Crippen LogP contribution in [0, 0.1) is 5.41 Å². The summed E-state index contributed by atoms with van der Waals surface area (Å²) in [5, 5.41) is 11.6. The van der Waals surface area contributed by atoms with Crippen LogP contribution in [-0.2, 0) is 14.4 Å². The number of aliphatic carboxylic acids is 1. The minimum atomic E-state index is -1.06. The zero-order valence-electron chi connectivity index (χ0n) is 10.4. The normalized spacial score (nSPS) is 26.8. The number of amides is 2. The van der Waals surface area contributed by atoms with E-state index in [1.807, 2.05) is 6.92 Å². The Morgan fingerprint density at radius 2 is 2.00 bits per heavy atom. The van der Waals surface area contributed by atoms with Crippen molar-refractivity contribution in [1.29, 1.82) is 0 Å². The van der Waals surface area contributed by atoms with Crippen molar-refractivity contribution in [3.63, 3.8) is 0 Å². The average Bonchev–Trinajstić information content (AvgIpc) is 2.76. The molecule has 2 N–H and O–H groups in total. The van der Waals surface area contributed by atoms with Crippen molar-refractivity contribution in [3.05, 3.63) is 0 Å². The second-order valence-corrected chi connectivity index (χ2v) is 5.36. The zero-order chi connectivity index (χ0) is 13.3. The maximum absolute atomic E-state index is 12.5. The molecule has 1 atom stereocenters. The molecule has 18 heavy (non-hydrogen) atoms. The third-order valence-electron chi connectivity index (χ3n) is 3.95. The van der Waals surface area contributed by atoms with Gasteiger partial charge in [-0.3, -0.25) is 9.59 Å². The fraction of sp³-hybridized carbons (Fsp3) is 0.750. The van der Waals surface area contributed by atoms with Crippen molar-refractivity contribution in [2.24, 2.45) is 5.41 Å². The molecular weight excluding hydrogens is 236 g/mol. The number of rotatable bonds is 2. The number of hydrogen-bond acceptors (Lipinski definition) is 3. The number of nitrogens with one attached hydrogen (secondary N) is 1. The number of carbonyl (C=O) groups is 3. The largest absolute Gasteiger partial charge is 0.480 e. The number of nitrogens with zero attached hydrogens (tertiary/aromatic N) is 1. The first-order valence-electron chi connectivity index (χ1n) is 6.25. The molecule has 0 radical (unpaired) electrons. The van der Waals surface area contributed by atoms with E-state index >= 15 is 0 Å². The van der Waals surface area contributed by atoms with Crippen molar-refractivity contribution in [2.75, 3.05) is 13.1 Å². The van der Waals surface area contributed by atoms with Gasteiger partial charge in [-0.1, -0.05) is 19.8 Å². The molecule has 1 aliphatic carbocycles. The molecule has 1 saturated carbocycles. The molecule has 0 bridgehead atoms. The van der Waals surface area contributed by atoms with Crippen LogP contribution in [0.3, 0.4) is 0 Å². The SMILES string of the molecule is CC1(C(=O)N2CC(=O)NCC2C(=O)O)CCCC1. The van der Waals surface area contributed by atoms with Crippen LogP contribution >= 0.6 is 0 Å². The van der Waals surface area contributed by atoms with E-state index in [1.54, 1.807) is 0 Å². The summed E-state index contributed by atoms with van der Waals surface area (Å²) < 4.78 is 0. The molecule has 0 aromatic heterocycles. The van der Waals surface area contributed by atoms with Gasteiger partial charge in [-0.15, -0.1) is 0 Å². The maximum atomic E-state index is 12.5. The first-order chi connectivity index (χ1) is 8.44. The van der Waals surface area contributed by atoms with E-state index in [9.17, 15) is 14.4 Å². The van der Waals surface area contributed by atoms with Crippen LogP contribution in [0.5, 0.6) is 0 Å². The van der Waals surface area contributed by atoms with Gasteiger partial charge in [-0.25, -0.2) is 4.79 Å². The zero-order valence-corrected chi connectivity index (χ0v) is 10.4. The molecule has 1 heterocycles. The van der Waals surface area contributed by atoms with Crippen molar-refractivity contribution in [3.8, 4) is 0 Å². The molecule has 1 unspecified atom stereocenters. The highest BCUT2D eigenvalue weighted by Crippen LogP contribution is 2.39. The molecule has 6 heteroatoms. The predicted molar refractivity (Wildman–Crippen MR) is 62.7 cm³/mol. The summed E-state index contributed by atoms with van der Waals surface area (Å²) in [5.41, 5.74) is -0.495. The Hall–Kier alpha value is -1.59. The van der Waals surface area contributed by atoms with E-state index in [0.717, 1.165) is 25.7 Å². The van der Waals surface area contributed by atoms with E-state index in [0.29, 0.717) is 0 Å². The molecule has 0 spiro atoms. The van der Waals surface area contributed by atoms with E-state index in [4.69, 9.17) is 5.11 Å². The van der Waals surface area contributed by atoms with E-state index in [1.165, 1.54) is 4.90 Å². The second kappa shape index (κ2) is 4.59. The van der Waals surface area contributed by atoms with Crippen molar-refractivity contribution < 1.29 is 19.5 Å². The van der Waals surface area contributed by atoms with Gasteiger partial charge < -0.3 is 15.3 Å². The Kier molecular flexibility index (Phi) is 3.28. The molecule has 2 aliphatic rings. The first kappa shape index (κ1) is 12.9. The Morgan fingerprint density at radius 1 is 1.39 bits per heavy atom. The molecule has 6 nitrogen and oxygen atoms in total. The van der Waals surface area contributed by atoms with Gasteiger partial charge >= 0.3 is 5.97 Å². The molecule has 0 aromatic rings. The standard InChI is InChI=1S/C12H18N2O4/c1-12(4-2-3-5-12)11(18)14-7-9(15)13-6-8(14)10(16)17/h8H,2-7H2,1H3,(H,13,15)(H,16,17). The summed E-state index contributed by atoms with van der Waals surface area (Å²) in [6.45, 7) is 1.72. The lowest BCUT2D eigenvalue weighted by atomic mass is 9.86. The van der Waals surface area contributed by atoms with Crippen LogP contribution in [0.15, 0.2) is 0 Å². The number of carboxylic acid groups (broad SMARTS) is 1. The van der Waals surface area contributed by atoms with Gasteiger partial charge in [0.05, 0.1) is 0 Å². The highest BCUT2D eigenvalue weighted by molar-refractivity contribution is 5.93. The third kappa shape index (κ3) is 2.19. The van der Waals surface area contributed by atoms with Crippen LogP contribution in [0.4, 0.5) is 0 Å². The van der Waals surface area contributed by atoms with Gasteiger partial charge in [-0.2, -0.15) is 0 Å². The van der Waals surface area contributed by atoms with Crippen LogP contribution in [0.2, 0.25) is 0 Å². The Bertz CT molecular complexity index is 388. The van der Waals surface area contributed by atoms with Crippen LogP contribution in [0.25, 0.3) is 0 Å². The number of hydrogen-bond donors (Lipinski definition) is 2. The molecule has 1 aliphatic heterocycles. The predicted octanol–water partition coefficient (Wildman–Crippen LogP) is -0.0217. The first-order valence-corrected chi connectivity index (χ1v) is 6.25. The Balaban J connectivity index is 2.19. The van der Waals surface area contributed by atoms with Gasteiger partial charge in [0.1, 0.15) is 12.6 Å². The van der Waals surface area contributed by atoms with Gasteiger partial charge in [0.25, 0.3) is 0 Å². The highest BCUT2D eigenvalue weighted by Gasteiger charge is 2.44. The van der Waals surface area contributed by atoms with Crippen LogP contribution < -0.4 is 5.32 Å². The van der Waals surface area contributed by atoms with Gasteiger partial charge in [0.2, 0.25) is 11.8 Å². The summed E-state index contributed by atoms with van der Waals surface area (Å²) >= 11 is 0. The Labute approximate surface area is 105 Å². The maximum Gasteiger partial charge on any atom is 0.328 e. The minimum Gasteiger partial charge on any atom is -0.480 e. The van der Waals surface area contributed by atoms with E-state index in [-0.39, 0.29) is 24.9 Å². The summed E-state index contributed by atoms with van der Waals surface area (Å²) in [6.07, 6.45) is 3.52. The van der Waals surface area contributed by atoms with Gasteiger partial charge in [0.15, 0.2) is 0 Å². The lowest BCUT2D eigenvalue weighted by Crippen LogP contribution is -2.61. The third-order valence-corrected chi connectivity index (χ3v) is 3.95. The molecular formula is C12H18N2O4. The molecule has 1 saturated heterocycles. The average molecular weight is 254 g/mol. The lowest BCUT2D eigenvalue weighted by Gasteiger charge is -2.37. The van der Waals surface area contributed by atoms with Crippen molar-refractivity contribution >= 4 is 17.8 Å². The van der Waals surface area contributed by atoms with Crippen molar-refractivity contribution in [2.45, 2.75) is 38.6 Å². The fourth-order valence-electron chi connectivity index (χ4n) is 2.79. The van der Waals surface area contributed by atoms with Crippen LogP contribution in [0.1, 0.15) is 32.6 Å². The van der Waals surface area contributed by atoms with Gasteiger partial charge in [-0.05, 0) is 12.8 Å². The number of carboxylic acids is 1. The molecule has 2 rings (SSSR count). The second-order valence-electron chi connectivity index (χ2n) is 5.36. The number of piperazine rings is 1. The van der Waals surface area contributed by atoms with Crippen LogP contribution in [-0.4, -0.2) is 46.9 Å². The quantitative estimate of drug-likeness (QED) is 0.725. The molecule has 2 fully saturated rings. The summed E-state index contributed by atoms with van der Waals surface area (Å²) in [6, 6.07) is -0.937. The summed E-state index contributed by atoms with van der Waals surface area (Å²) in [5.74, 6) is -1.55. The summed E-state index contributed by atoms with van der Waals surface area (Å²) in [7, 11) is 0. The van der Waals surface area contributed by atoms with E-state index in [2.05, 4.69) is 5.32 Å². The highest BCUT2D eigenvalue weighted by atomic mass is 16.4. The van der Waals surface area contributed by atoms with E-state index < -0.39 is 17.4 Å².